The van der Waals surface area contributed by atoms with Crippen LogP contribution in [0.25, 0.3) is 0 Å². The predicted octanol–water partition coefficient (Wildman–Crippen LogP) is 1.13. The Labute approximate surface area is 95.3 Å². The summed E-state index contributed by atoms with van der Waals surface area (Å²) >= 11 is 0. The molecule has 0 spiro atoms. The van der Waals surface area contributed by atoms with E-state index in [2.05, 4.69) is 9.47 Å². The quantitative estimate of drug-likeness (QED) is 0.520. The Balaban J connectivity index is 4.92. The molecule has 0 saturated heterocycles. The highest BCUT2D eigenvalue weighted by molar-refractivity contribution is 5.95. The van der Waals surface area contributed by atoms with E-state index >= 15 is 0 Å². The Hall–Kier alpha value is -1.57. The zero-order chi connectivity index (χ0) is 12.7. The van der Waals surface area contributed by atoms with Gasteiger partial charge in [0.25, 0.3) is 0 Å². The van der Waals surface area contributed by atoms with E-state index in [0.717, 1.165) is 0 Å². The zero-order valence-electron chi connectivity index (χ0n) is 10.0. The lowest BCUT2D eigenvalue weighted by atomic mass is 9.86. The van der Waals surface area contributed by atoms with Gasteiger partial charge >= 0.3 is 11.9 Å². The Kier molecular flexibility index (Phi) is 6.16. The van der Waals surface area contributed by atoms with Crippen molar-refractivity contribution in [3.63, 3.8) is 0 Å². The molecule has 0 aliphatic heterocycles. The van der Waals surface area contributed by atoms with Gasteiger partial charge in [-0.15, -0.1) is 0 Å². The third kappa shape index (κ3) is 3.89. The van der Waals surface area contributed by atoms with E-state index in [1.807, 2.05) is 19.9 Å². The molecule has 1 atom stereocenters. The van der Waals surface area contributed by atoms with Crippen molar-refractivity contribution < 1.29 is 19.1 Å². The van der Waals surface area contributed by atoms with Gasteiger partial charge in [-0.1, -0.05) is 13.8 Å². The van der Waals surface area contributed by atoms with Crippen molar-refractivity contribution in [3.05, 3.63) is 0 Å². The first-order valence-corrected chi connectivity index (χ1v) is 5.03. The predicted molar refractivity (Wildman–Crippen MR) is 56.1 cm³/mol. The highest BCUT2D eigenvalue weighted by Gasteiger charge is 2.37. The minimum atomic E-state index is -1.15. The number of hydrogen-bond donors (Lipinski definition) is 0. The van der Waals surface area contributed by atoms with Crippen molar-refractivity contribution in [2.75, 3.05) is 14.2 Å². The fourth-order valence-corrected chi connectivity index (χ4v) is 1.45. The maximum atomic E-state index is 11.4. The lowest BCUT2D eigenvalue weighted by Gasteiger charge is -2.18. The molecule has 0 amide bonds. The van der Waals surface area contributed by atoms with Gasteiger partial charge in [0, 0.05) is 0 Å². The van der Waals surface area contributed by atoms with Gasteiger partial charge in [0.2, 0.25) is 0 Å². The monoisotopic (exact) mass is 227 g/mol. The Bertz CT molecular complexity index is 277. The van der Waals surface area contributed by atoms with Crippen LogP contribution in [0, 0.1) is 29.1 Å². The van der Waals surface area contributed by atoms with E-state index in [4.69, 9.17) is 5.26 Å². The molecular formula is C11H17NO4. The van der Waals surface area contributed by atoms with E-state index in [9.17, 15) is 9.59 Å². The summed E-state index contributed by atoms with van der Waals surface area (Å²) in [5, 5.41) is 8.97. The molecule has 0 heterocycles. The van der Waals surface area contributed by atoms with E-state index in [1.54, 1.807) is 0 Å². The zero-order valence-corrected chi connectivity index (χ0v) is 10.0. The summed E-state index contributed by atoms with van der Waals surface area (Å²) < 4.78 is 9.02. The largest absolute Gasteiger partial charge is 0.468 e. The summed E-state index contributed by atoms with van der Waals surface area (Å²) in [5.74, 6) is -3.10. The molecule has 5 heteroatoms. The van der Waals surface area contributed by atoms with Gasteiger partial charge in [-0.3, -0.25) is 9.59 Å². The molecule has 16 heavy (non-hydrogen) atoms. The Morgan fingerprint density at radius 1 is 1.19 bits per heavy atom. The summed E-state index contributed by atoms with van der Waals surface area (Å²) in [6.07, 6.45) is 0.450. The topological polar surface area (TPSA) is 76.4 Å². The normalized spacial score (nSPS) is 12.1. The molecule has 0 aromatic rings. The first-order valence-electron chi connectivity index (χ1n) is 5.03. The molecule has 1 unspecified atom stereocenters. The summed E-state index contributed by atoms with van der Waals surface area (Å²) in [6.45, 7) is 3.83. The molecule has 0 aliphatic carbocycles. The average Bonchev–Trinajstić information content (AvgIpc) is 2.26. The molecular weight excluding hydrogens is 210 g/mol. The summed E-state index contributed by atoms with van der Waals surface area (Å²) in [6, 6.07) is 1.96. The van der Waals surface area contributed by atoms with E-state index in [0.29, 0.717) is 6.42 Å². The van der Waals surface area contributed by atoms with Gasteiger partial charge in [0.05, 0.1) is 26.2 Å². The third-order valence-corrected chi connectivity index (χ3v) is 2.20. The SMILES string of the molecule is COC(=O)C(C(=O)OC)C(C#N)CC(C)C. The molecule has 0 aliphatic rings. The molecule has 0 N–H and O–H groups in total. The van der Waals surface area contributed by atoms with Gasteiger partial charge in [-0.05, 0) is 12.3 Å². The van der Waals surface area contributed by atoms with E-state index in [1.165, 1.54) is 14.2 Å². The molecule has 0 bridgehead atoms. The highest BCUT2D eigenvalue weighted by atomic mass is 16.5. The maximum Gasteiger partial charge on any atom is 0.321 e. The minimum Gasteiger partial charge on any atom is -0.468 e. The second-order valence-corrected chi connectivity index (χ2v) is 3.89. The van der Waals surface area contributed by atoms with Gasteiger partial charge in [0.1, 0.15) is 0 Å². The first kappa shape index (κ1) is 14.4. The number of methoxy groups -OCH3 is 2. The smallest absolute Gasteiger partial charge is 0.321 e. The molecule has 0 radical (unpaired) electrons. The van der Waals surface area contributed by atoms with Crippen LogP contribution in [-0.2, 0) is 19.1 Å². The minimum absolute atomic E-state index is 0.210. The van der Waals surface area contributed by atoms with Crippen molar-refractivity contribution >= 4 is 11.9 Å². The molecule has 0 rings (SSSR count). The Morgan fingerprint density at radius 3 is 1.88 bits per heavy atom. The first-order chi connectivity index (χ1) is 7.47. The number of nitriles is 1. The van der Waals surface area contributed by atoms with Crippen molar-refractivity contribution in [1.29, 1.82) is 5.26 Å². The fraction of sp³-hybridized carbons (Fsp3) is 0.727. The number of carbonyl (C=O) groups is 2. The standard InChI is InChI=1S/C11H17NO4/c1-7(2)5-8(6-12)9(10(13)15-3)11(14)16-4/h7-9H,5H2,1-4H3. The molecule has 0 aromatic heterocycles. The summed E-state index contributed by atoms with van der Waals surface area (Å²) in [4.78, 5) is 22.8. The fourth-order valence-electron chi connectivity index (χ4n) is 1.45. The number of nitrogens with zero attached hydrogens (tertiary/aromatic N) is 1. The second-order valence-electron chi connectivity index (χ2n) is 3.89. The Morgan fingerprint density at radius 2 is 1.62 bits per heavy atom. The van der Waals surface area contributed by atoms with E-state index in [-0.39, 0.29) is 5.92 Å². The number of rotatable bonds is 5. The van der Waals surface area contributed by atoms with Crippen LogP contribution in [-0.4, -0.2) is 26.2 Å². The number of hydrogen-bond acceptors (Lipinski definition) is 5. The van der Waals surface area contributed by atoms with Gasteiger partial charge in [-0.2, -0.15) is 5.26 Å². The van der Waals surface area contributed by atoms with Gasteiger partial charge < -0.3 is 9.47 Å². The van der Waals surface area contributed by atoms with Crippen LogP contribution in [0.1, 0.15) is 20.3 Å². The molecule has 0 aromatic carbocycles. The van der Waals surface area contributed by atoms with Crippen LogP contribution < -0.4 is 0 Å². The van der Waals surface area contributed by atoms with Crippen molar-refractivity contribution in [2.24, 2.45) is 17.8 Å². The molecule has 5 nitrogen and oxygen atoms in total. The highest BCUT2D eigenvalue weighted by Crippen LogP contribution is 2.22. The molecule has 0 saturated carbocycles. The van der Waals surface area contributed by atoms with Crippen LogP contribution in [0.4, 0.5) is 0 Å². The van der Waals surface area contributed by atoms with Crippen molar-refractivity contribution in [3.8, 4) is 6.07 Å². The number of ether oxygens (including phenoxy) is 2. The van der Waals surface area contributed by atoms with Crippen LogP contribution in [0.2, 0.25) is 0 Å². The average molecular weight is 227 g/mol. The summed E-state index contributed by atoms with van der Waals surface area (Å²) in [7, 11) is 2.37. The third-order valence-electron chi connectivity index (χ3n) is 2.20. The van der Waals surface area contributed by atoms with E-state index < -0.39 is 23.8 Å². The van der Waals surface area contributed by atoms with Crippen LogP contribution in [0.5, 0.6) is 0 Å². The van der Waals surface area contributed by atoms with Crippen LogP contribution in [0.3, 0.4) is 0 Å². The second kappa shape index (κ2) is 6.83. The maximum absolute atomic E-state index is 11.4. The van der Waals surface area contributed by atoms with Gasteiger partial charge in [0.15, 0.2) is 5.92 Å². The van der Waals surface area contributed by atoms with Crippen molar-refractivity contribution in [2.45, 2.75) is 20.3 Å². The lowest BCUT2D eigenvalue weighted by molar-refractivity contribution is -0.160. The van der Waals surface area contributed by atoms with Crippen LogP contribution >= 0.6 is 0 Å². The molecule has 90 valence electrons. The number of carbonyl (C=O) groups excluding carboxylic acids is 2. The van der Waals surface area contributed by atoms with Crippen LogP contribution in [0.15, 0.2) is 0 Å². The van der Waals surface area contributed by atoms with Gasteiger partial charge in [-0.25, -0.2) is 0 Å². The molecule has 0 fully saturated rings. The van der Waals surface area contributed by atoms with Crippen molar-refractivity contribution in [1.82, 2.24) is 0 Å². The number of esters is 2. The summed E-state index contributed by atoms with van der Waals surface area (Å²) in [5.41, 5.74) is 0. The lowest BCUT2D eigenvalue weighted by Crippen LogP contribution is -2.33.